The van der Waals surface area contributed by atoms with E-state index in [4.69, 9.17) is 4.74 Å². The highest BCUT2D eigenvalue weighted by Gasteiger charge is 2.27. The SMILES string of the molecule is O=C1C=C(NN2CCOCC2)C(=O)c2cc3ccccc3cc21. The minimum absolute atomic E-state index is 0.138. The van der Waals surface area contributed by atoms with Crippen molar-refractivity contribution in [1.82, 2.24) is 10.4 Å². The summed E-state index contributed by atoms with van der Waals surface area (Å²) in [6.07, 6.45) is 1.40. The Bertz CT molecular complexity index is 835. The third-order valence-electron chi connectivity index (χ3n) is 4.21. The minimum Gasteiger partial charge on any atom is -0.379 e. The fourth-order valence-corrected chi connectivity index (χ4v) is 2.98. The number of ketones is 2. The van der Waals surface area contributed by atoms with Crippen molar-refractivity contribution in [3.8, 4) is 0 Å². The van der Waals surface area contributed by atoms with E-state index in [2.05, 4.69) is 5.43 Å². The molecule has 0 saturated carbocycles. The van der Waals surface area contributed by atoms with E-state index in [1.54, 1.807) is 12.1 Å². The summed E-state index contributed by atoms with van der Waals surface area (Å²) in [4.78, 5) is 25.2. The van der Waals surface area contributed by atoms with Crippen molar-refractivity contribution in [3.63, 3.8) is 0 Å². The summed E-state index contributed by atoms with van der Waals surface area (Å²) in [6, 6.07) is 11.3. The third kappa shape index (κ3) is 2.54. The Labute approximate surface area is 133 Å². The molecule has 0 radical (unpaired) electrons. The standard InChI is InChI=1S/C18H16N2O3/c21-17-11-16(19-20-5-7-23-8-6-20)18(22)15-10-13-4-2-1-3-12(13)9-14(15)17/h1-4,9-11,19H,5-8H2. The number of hydrogen-bond acceptors (Lipinski definition) is 5. The lowest BCUT2D eigenvalue weighted by Gasteiger charge is -2.29. The van der Waals surface area contributed by atoms with Crippen molar-refractivity contribution in [1.29, 1.82) is 0 Å². The summed E-state index contributed by atoms with van der Waals surface area (Å²) in [5, 5.41) is 3.83. The van der Waals surface area contributed by atoms with Gasteiger partial charge in [-0.05, 0) is 22.9 Å². The molecule has 2 aromatic rings. The molecule has 1 fully saturated rings. The molecule has 2 aromatic carbocycles. The molecule has 23 heavy (non-hydrogen) atoms. The highest BCUT2D eigenvalue weighted by atomic mass is 16.5. The van der Waals surface area contributed by atoms with Crippen LogP contribution < -0.4 is 5.43 Å². The van der Waals surface area contributed by atoms with Crippen molar-refractivity contribution in [2.75, 3.05) is 26.3 Å². The molecule has 1 heterocycles. The van der Waals surface area contributed by atoms with Gasteiger partial charge in [0.2, 0.25) is 5.78 Å². The maximum Gasteiger partial charge on any atom is 0.211 e. The van der Waals surface area contributed by atoms with E-state index in [-0.39, 0.29) is 11.6 Å². The zero-order valence-corrected chi connectivity index (χ0v) is 12.5. The van der Waals surface area contributed by atoms with Gasteiger partial charge in [0, 0.05) is 30.3 Å². The predicted octanol–water partition coefficient (Wildman–Crippen LogP) is 1.94. The van der Waals surface area contributed by atoms with Gasteiger partial charge in [-0.1, -0.05) is 24.3 Å². The van der Waals surface area contributed by atoms with E-state index < -0.39 is 0 Å². The number of ether oxygens (including phenoxy) is 1. The van der Waals surface area contributed by atoms with Crippen LogP contribution in [0.3, 0.4) is 0 Å². The number of rotatable bonds is 2. The lowest BCUT2D eigenvalue weighted by Crippen LogP contribution is -2.47. The second kappa shape index (κ2) is 5.61. The van der Waals surface area contributed by atoms with Crippen LogP contribution in [0.15, 0.2) is 48.2 Å². The number of morpholine rings is 1. The first kappa shape index (κ1) is 14.1. The number of nitrogens with zero attached hydrogens (tertiary/aromatic N) is 1. The maximum atomic E-state index is 12.7. The number of fused-ring (bicyclic) bond motifs is 2. The number of Topliss-reactive ketones (excluding diaryl/α,β-unsaturated/α-hetero) is 1. The molecule has 1 saturated heterocycles. The molecule has 5 heteroatoms. The molecule has 116 valence electrons. The van der Waals surface area contributed by atoms with Crippen LogP contribution in [0.1, 0.15) is 20.7 Å². The van der Waals surface area contributed by atoms with Gasteiger partial charge in [-0.25, -0.2) is 5.01 Å². The summed E-state index contributed by atoms with van der Waals surface area (Å²) in [7, 11) is 0. The molecule has 5 nitrogen and oxygen atoms in total. The van der Waals surface area contributed by atoms with Gasteiger partial charge in [0.25, 0.3) is 0 Å². The normalized spacial score (nSPS) is 18.7. The first-order valence-electron chi connectivity index (χ1n) is 7.65. The largest absolute Gasteiger partial charge is 0.379 e. The first-order valence-corrected chi connectivity index (χ1v) is 7.65. The number of allylic oxidation sites excluding steroid dienone is 2. The zero-order valence-electron chi connectivity index (χ0n) is 12.5. The molecule has 2 aliphatic rings. The van der Waals surface area contributed by atoms with Crippen molar-refractivity contribution < 1.29 is 14.3 Å². The number of carbonyl (C=O) groups is 2. The van der Waals surface area contributed by atoms with Crippen LogP contribution in [0.25, 0.3) is 10.8 Å². The molecule has 0 atom stereocenters. The fourth-order valence-electron chi connectivity index (χ4n) is 2.98. The smallest absolute Gasteiger partial charge is 0.211 e. The molecule has 1 N–H and O–H groups in total. The average molecular weight is 308 g/mol. The second-order valence-electron chi connectivity index (χ2n) is 5.71. The zero-order chi connectivity index (χ0) is 15.8. The number of hydrogen-bond donors (Lipinski definition) is 1. The van der Waals surface area contributed by atoms with Crippen molar-refractivity contribution in [2.45, 2.75) is 0 Å². The number of carbonyl (C=O) groups excluding carboxylic acids is 2. The van der Waals surface area contributed by atoms with Crippen LogP contribution in [0, 0.1) is 0 Å². The van der Waals surface area contributed by atoms with Crippen molar-refractivity contribution in [3.05, 3.63) is 59.3 Å². The Morgan fingerprint density at radius 1 is 0.957 bits per heavy atom. The van der Waals surface area contributed by atoms with Gasteiger partial charge in [-0.3, -0.25) is 9.59 Å². The van der Waals surface area contributed by atoms with Gasteiger partial charge in [-0.15, -0.1) is 0 Å². The molecule has 1 aliphatic heterocycles. The molecule has 4 rings (SSSR count). The molecule has 0 unspecified atom stereocenters. The van der Waals surface area contributed by atoms with Gasteiger partial charge in [0.1, 0.15) is 5.70 Å². The van der Waals surface area contributed by atoms with E-state index in [0.717, 1.165) is 10.8 Å². The Hall–Kier alpha value is -2.50. The molecule has 1 aliphatic carbocycles. The summed E-state index contributed by atoms with van der Waals surface area (Å²) in [5.41, 5.74) is 4.34. The highest BCUT2D eigenvalue weighted by Crippen LogP contribution is 2.26. The van der Waals surface area contributed by atoms with Crippen LogP contribution in [-0.2, 0) is 4.74 Å². The van der Waals surface area contributed by atoms with Crippen LogP contribution in [0.2, 0.25) is 0 Å². The minimum atomic E-state index is -0.142. The molecule has 0 amide bonds. The molecular weight excluding hydrogens is 292 g/mol. The third-order valence-corrected chi connectivity index (χ3v) is 4.21. The summed E-state index contributed by atoms with van der Waals surface area (Å²) in [5.74, 6) is -0.280. The summed E-state index contributed by atoms with van der Waals surface area (Å²) in [6.45, 7) is 2.60. The molecule has 0 aromatic heterocycles. The lowest BCUT2D eigenvalue weighted by molar-refractivity contribution is 0.0182. The van der Waals surface area contributed by atoms with Gasteiger partial charge < -0.3 is 10.2 Å². The van der Waals surface area contributed by atoms with Gasteiger partial charge >= 0.3 is 0 Å². The quantitative estimate of drug-likeness (QED) is 0.919. The molecular formula is C18H16N2O3. The van der Waals surface area contributed by atoms with Gasteiger partial charge in [0.15, 0.2) is 5.78 Å². The van der Waals surface area contributed by atoms with Crippen LogP contribution >= 0.6 is 0 Å². The van der Waals surface area contributed by atoms with Crippen molar-refractivity contribution >= 4 is 22.3 Å². The Morgan fingerprint density at radius 3 is 2.30 bits per heavy atom. The number of benzene rings is 2. The van der Waals surface area contributed by atoms with E-state index in [9.17, 15) is 9.59 Å². The summed E-state index contributed by atoms with van der Waals surface area (Å²) >= 11 is 0. The van der Waals surface area contributed by atoms with Crippen molar-refractivity contribution in [2.24, 2.45) is 0 Å². The predicted molar refractivity (Wildman–Crippen MR) is 86.2 cm³/mol. The topological polar surface area (TPSA) is 58.6 Å². The van der Waals surface area contributed by atoms with Crippen LogP contribution in [0.5, 0.6) is 0 Å². The fraction of sp³-hybridized carbons (Fsp3) is 0.222. The monoisotopic (exact) mass is 308 g/mol. The van der Waals surface area contributed by atoms with Crippen LogP contribution in [0.4, 0.5) is 0 Å². The van der Waals surface area contributed by atoms with E-state index in [1.807, 2.05) is 29.3 Å². The van der Waals surface area contributed by atoms with Gasteiger partial charge in [0.05, 0.1) is 13.2 Å². The Balaban J connectivity index is 1.70. The van der Waals surface area contributed by atoms with E-state index in [1.165, 1.54) is 6.08 Å². The molecule has 0 bridgehead atoms. The summed E-state index contributed by atoms with van der Waals surface area (Å²) < 4.78 is 5.29. The number of hydrazine groups is 1. The van der Waals surface area contributed by atoms with Crippen LogP contribution in [-0.4, -0.2) is 42.9 Å². The Morgan fingerprint density at radius 2 is 1.61 bits per heavy atom. The van der Waals surface area contributed by atoms with Gasteiger partial charge in [-0.2, -0.15) is 0 Å². The number of nitrogens with one attached hydrogen (secondary N) is 1. The maximum absolute atomic E-state index is 12.7. The first-order chi connectivity index (χ1) is 11.2. The lowest BCUT2D eigenvalue weighted by atomic mass is 9.90. The van der Waals surface area contributed by atoms with E-state index in [0.29, 0.717) is 43.1 Å². The Kier molecular flexibility index (Phi) is 3.44. The average Bonchev–Trinajstić information content (AvgIpc) is 2.59. The van der Waals surface area contributed by atoms with E-state index >= 15 is 0 Å². The molecule has 0 spiro atoms. The highest BCUT2D eigenvalue weighted by molar-refractivity contribution is 6.25. The second-order valence-corrected chi connectivity index (χ2v) is 5.71.